The Balaban J connectivity index is 3.75. The van der Waals surface area contributed by atoms with E-state index >= 15 is 0 Å². The number of nitrogens with zero attached hydrogens (tertiary/aromatic N) is 2. The molecule has 0 aliphatic heterocycles. The third-order valence-corrected chi connectivity index (χ3v) is 5.64. The lowest BCUT2D eigenvalue weighted by atomic mass is 10.1. The fourth-order valence-electron chi connectivity index (χ4n) is 3.55. The van der Waals surface area contributed by atoms with Gasteiger partial charge in [-0.05, 0) is 38.5 Å². The first-order chi connectivity index (χ1) is 15.5. The van der Waals surface area contributed by atoms with Crippen molar-refractivity contribution in [3.63, 3.8) is 0 Å². The second-order valence-corrected chi connectivity index (χ2v) is 8.63. The van der Waals surface area contributed by atoms with E-state index in [4.69, 9.17) is 0 Å². The molecule has 0 amide bonds. The molecule has 0 saturated heterocycles. The van der Waals surface area contributed by atoms with Gasteiger partial charge in [0.1, 0.15) is 11.6 Å². The van der Waals surface area contributed by atoms with Crippen LogP contribution in [0.4, 0.5) is 0 Å². The highest BCUT2D eigenvalue weighted by molar-refractivity contribution is 5.78. The van der Waals surface area contributed by atoms with Gasteiger partial charge < -0.3 is 10.4 Å². The van der Waals surface area contributed by atoms with Gasteiger partial charge in [-0.1, -0.05) is 63.5 Å². The minimum atomic E-state index is -0.135. The van der Waals surface area contributed by atoms with Crippen LogP contribution in [0.2, 0.25) is 0 Å². The van der Waals surface area contributed by atoms with Gasteiger partial charge in [0.05, 0.1) is 12.8 Å². The number of allylic oxidation sites excluding steroid dienone is 2. The van der Waals surface area contributed by atoms with E-state index in [0.29, 0.717) is 12.8 Å². The third-order valence-electron chi connectivity index (χ3n) is 5.64. The van der Waals surface area contributed by atoms with Gasteiger partial charge in [0.2, 0.25) is 13.1 Å². The molecule has 0 aromatic heterocycles. The maximum atomic E-state index is 11.9. The topological polar surface area (TPSA) is 86.3 Å². The Hall–Kier alpha value is -1.98. The van der Waals surface area contributed by atoms with Crippen molar-refractivity contribution in [2.45, 2.75) is 116 Å². The van der Waals surface area contributed by atoms with E-state index in [0.717, 1.165) is 51.4 Å². The number of azo groups is 1. The van der Waals surface area contributed by atoms with Crippen molar-refractivity contribution in [3.05, 3.63) is 35.7 Å². The maximum absolute atomic E-state index is 11.9. The van der Waals surface area contributed by atoms with E-state index in [9.17, 15) is 20.0 Å². The van der Waals surface area contributed by atoms with Gasteiger partial charge in [-0.3, -0.25) is 9.59 Å². The van der Waals surface area contributed by atoms with Crippen LogP contribution in [-0.4, -0.2) is 34.4 Å². The Kier molecular flexibility index (Phi) is 20.8. The zero-order valence-electron chi connectivity index (χ0n) is 20.2. The van der Waals surface area contributed by atoms with Crippen LogP contribution in [0.25, 0.3) is 0 Å². The predicted molar refractivity (Wildman–Crippen MR) is 131 cm³/mol. The molecule has 0 aliphatic rings. The summed E-state index contributed by atoms with van der Waals surface area (Å²) in [7, 11) is 0. The Morgan fingerprint density at radius 1 is 0.531 bits per heavy atom. The largest absolute Gasteiger partial charge is 0.567 e. The van der Waals surface area contributed by atoms with E-state index in [1.807, 2.05) is 12.2 Å². The SMILES string of the molecule is C=CCCCCCCCCC(=O)CC/[N+]([O-])=[N+](\[O-])CCC(=O)CCCCCCCCC=C. The van der Waals surface area contributed by atoms with Crippen LogP contribution in [0.5, 0.6) is 0 Å². The van der Waals surface area contributed by atoms with E-state index in [2.05, 4.69) is 13.2 Å². The van der Waals surface area contributed by atoms with Crippen molar-refractivity contribution in [2.24, 2.45) is 0 Å². The van der Waals surface area contributed by atoms with E-state index < -0.39 is 0 Å². The number of unbranched alkanes of at least 4 members (excludes halogenated alkanes) is 12. The fraction of sp³-hybridized carbons (Fsp3) is 0.769. The molecule has 0 radical (unpaired) electrons. The van der Waals surface area contributed by atoms with Gasteiger partial charge in [0.25, 0.3) is 0 Å². The quantitative estimate of drug-likeness (QED) is 0.0521. The number of ketones is 2. The number of rotatable bonds is 24. The molecule has 0 N–H and O–H groups in total. The van der Waals surface area contributed by atoms with Gasteiger partial charge in [0, 0.05) is 22.6 Å². The predicted octanol–water partition coefficient (Wildman–Crippen LogP) is 6.99. The van der Waals surface area contributed by atoms with Crippen LogP contribution in [-0.2, 0) is 9.59 Å². The molecule has 0 aliphatic carbocycles. The minimum Gasteiger partial charge on any atom is -0.567 e. The summed E-state index contributed by atoms with van der Waals surface area (Å²) in [5.74, 6) is 0.0398. The lowest BCUT2D eigenvalue weighted by molar-refractivity contribution is -0.969. The lowest BCUT2D eigenvalue weighted by Gasteiger charge is -2.05. The average molecular weight is 451 g/mol. The van der Waals surface area contributed by atoms with Crippen LogP contribution >= 0.6 is 0 Å². The molecule has 0 fully saturated rings. The summed E-state index contributed by atoms with van der Waals surface area (Å²) in [6.45, 7) is 7.15. The van der Waals surface area contributed by atoms with Crippen molar-refractivity contribution >= 4 is 11.6 Å². The average Bonchev–Trinajstić information content (AvgIpc) is 2.79. The number of Topliss-reactive ketones (excluding diaryl/α,β-unsaturated/α-hetero) is 2. The van der Waals surface area contributed by atoms with Crippen LogP contribution in [0.15, 0.2) is 25.3 Å². The van der Waals surface area contributed by atoms with E-state index in [1.165, 1.54) is 38.5 Å². The summed E-state index contributed by atoms with van der Waals surface area (Å²) in [4.78, 5) is 24.3. The zero-order chi connectivity index (χ0) is 23.9. The Labute approximate surface area is 195 Å². The highest BCUT2D eigenvalue weighted by Crippen LogP contribution is 2.11. The number of hydrogen-bond donors (Lipinski definition) is 0. The number of carbonyl (C=O) groups is 2. The first-order valence-electron chi connectivity index (χ1n) is 12.7. The summed E-state index contributed by atoms with van der Waals surface area (Å²) in [5, 5.41) is 23.6. The third kappa shape index (κ3) is 20.0. The summed E-state index contributed by atoms with van der Waals surface area (Å²) in [6.07, 6.45) is 20.2. The van der Waals surface area contributed by atoms with Gasteiger partial charge in [0.15, 0.2) is 0 Å². The summed E-state index contributed by atoms with van der Waals surface area (Å²) < 4.78 is 0. The van der Waals surface area contributed by atoms with Crippen LogP contribution < -0.4 is 0 Å². The molecule has 0 aromatic rings. The molecule has 6 heteroatoms. The molecule has 0 aromatic carbocycles. The van der Waals surface area contributed by atoms with Crippen molar-refractivity contribution in [1.82, 2.24) is 0 Å². The van der Waals surface area contributed by atoms with E-state index in [1.54, 1.807) is 0 Å². The summed E-state index contributed by atoms with van der Waals surface area (Å²) >= 11 is 0. The molecule has 0 rings (SSSR count). The van der Waals surface area contributed by atoms with Crippen molar-refractivity contribution in [2.75, 3.05) is 13.1 Å². The number of carbonyl (C=O) groups excluding carboxylic acids is 2. The Bertz CT molecular complexity index is 510. The van der Waals surface area contributed by atoms with Gasteiger partial charge in [-0.15, -0.1) is 13.2 Å². The van der Waals surface area contributed by atoms with Gasteiger partial charge >= 0.3 is 0 Å². The highest BCUT2D eigenvalue weighted by atomic mass is 16.6. The smallest absolute Gasteiger partial charge is 0.227 e. The standard InChI is InChI=1S/C26H46N2O4/c1-3-5-7-9-11-13-15-17-19-25(29)21-23-27(31)28(32)24-22-26(30)20-18-16-14-12-10-8-6-4-2/h3-4H,1-2,5-24H2/b28-27+. The van der Waals surface area contributed by atoms with Crippen LogP contribution in [0, 0.1) is 10.4 Å². The summed E-state index contributed by atoms with van der Waals surface area (Å²) in [6, 6.07) is 0. The molecule has 0 spiro atoms. The Morgan fingerprint density at radius 2 is 0.844 bits per heavy atom. The fourth-order valence-corrected chi connectivity index (χ4v) is 3.55. The summed E-state index contributed by atoms with van der Waals surface area (Å²) in [5.41, 5.74) is 0. The van der Waals surface area contributed by atoms with Crippen LogP contribution in [0.3, 0.4) is 0 Å². The Morgan fingerprint density at radius 3 is 1.19 bits per heavy atom. The number of hydroxylamine groups is 2. The second kappa shape index (κ2) is 22.2. The van der Waals surface area contributed by atoms with Crippen LogP contribution in [0.1, 0.15) is 116 Å². The first kappa shape index (κ1) is 30.0. The van der Waals surface area contributed by atoms with E-state index in [-0.39, 0.29) is 47.2 Å². The van der Waals surface area contributed by atoms with Gasteiger partial charge in [-0.2, -0.15) is 0 Å². The van der Waals surface area contributed by atoms with Crippen molar-refractivity contribution in [1.29, 1.82) is 0 Å². The highest BCUT2D eigenvalue weighted by Gasteiger charge is 2.13. The molecule has 0 saturated carbocycles. The molecule has 0 atom stereocenters. The molecule has 184 valence electrons. The number of hydrogen-bond acceptors (Lipinski definition) is 4. The molecular formula is C26H46N2O4. The minimum absolute atomic E-state index is 0.0199. The first-order valence-corrected chi connectivity index (χ1v) is 12.7. The molecular weight excluding hydrogens is 404 g/mol. The normalized spacial score (nSPS) is 11.8. The van der Waals surface area contributed by atoms with Gasteiger partial charge in [-0.25, -0.2) is 0 Å². The second-order valence-electron chi connectivity index (χ2n) is 8.63. The molecule has 6 nitrogen and oxygen atoms in total. The van der Waals surface area contributed by atoms with Crippen molar-refractivity contribution in [3.8, 4) is 0 Å². The molecule has 0 bridgehead atoms. The zero-order valence-corrected chi connectivity index (χ0v) is 20.2. The maximum Gasteiger partial charge on any atom is 0.227 e. The molecule has 0 heterocycles. The monoisotopic (exact) mass is 450 g/mol. The lowest BCUT2D eigenvalue weighted by Crippen LogP contribution is -2.22. The molecule has 32 heavy (non-hydrogen) atoms. The van der Waals surface area contributed by atoms with Crippen molar-refractivity contribution < 1.29 is 19.3 Å². The molecule has 0 unspecified atom stereocenters.